The number of carboxylic acid groups (broad SMARTS) is 1. The highest BCUT2D eigenvalue weighted by atomic mass is 35.5. The summed E-state index contributed by atoms with van der Waals surface area (Å²) in [6.07, 6.45) is 0.391. The number of benzene rings is 1. The Morgan fingerprint density at radius 3 is 2.42 bits per heavy atom. The number of halogens is 1. The summed E-state index contributed by atoms with van der Waals surface area (Å²) in [5.41, 5.74) is 6.56. The molecule has 0 amide bonds. The van der Waals surface area contributed by atoms with E-state index >= 15 is 0 Å². The molecule has 108 valence electrons. The minimum absolute atomic E-state index is 0. The first kappa shape index (κ1) is 18.1. The zero-order valence-electron chi connectivity index (χ0n) is 10.4. The molecule has 0 aliphatic carbocycles. The van der Waals surface area contributed by atoms with Gasteiger partial charge in [0.2, 0.25) is 7.37 Å². The summed E-state index contributed by atoms with van der Waals surface area (Å²) < 4.78 is 11.9. The van der Waals surface area contributed by atoms with Crippen molar-refractivity contribution >= 4 is 25.7 Å². The van der Waals surface area contributed by atoms with Gasteiger partial charge in [0, 0.05) is 12.6 Å². The molecule has 1 aromatic rings. The van der Waals surface area contributed by atoms with Gasteiger partial charge in [0.1, 0.15) is 0 Å². The molecule has 0 radical (unpaired) electrons. The molecule has 0 fully saturated rings. The molecule has 0 saturated carbocycles. The minimum Gasteiger partial charge on any atom is -0.481 e. The van der Waals surface area contributed by atoms with Gasteiger partial charge in [-0.25, -0.2) is 0 Å². The first-order valence-electron chi connectivity index (χ1n) is 5.74. The third kappa shape index (κ3) is 6.73. The Labute approximate surface area is 118 Å². The average Bonchev–Trinajstić information content (AvgIpc) is 2.34. The highest BCUT2D eigenvalue weighted by Crippen LogP contribution is 2.45. The molecular weight excluding hydrogens is 289 g/mol. The molecule has 0 aliphatic heterocycles. The topological polar surface area (TPSA) is 101 Å². The molecule has 1 aromatic carbocycles. The van der Waals surface area contributed by atoms with E-state index in [0.29, 0.717) is 6.42 Å². The molecule has 4 N–H and O–H groups in total. The summed E-state index contributed by atoms with van der Waals surface area (Å²) in [5.74, 6) is -1.97. The second kappa shape index (κ2) is 8.33. The van der Waals surface area contributed by atoms with Gasteiger partial charge in [-0.3, -0.25) is 9.36 Å². The SMILES string of the molecule is Cl.NC(CCC(=O)O)P(=O)(O)CCc1ccccc1. The van der Waals surface area contributed by atoms with Crippen molar-refractivity contribution in [3.8, 4) is 0 Å². The molecular formula is C12H19ClNO4P. The highest BCUT2D eigenvalue weighted by Gasteiger charge is 2.27. The Hall–Kier alpha value is -0.870. The van der Waals surface area contributed by atoms with Crippen LogP contribution < -0.4 is 5.73 Å². The lowest BCUT2D eigenvalue weighted by molar-refractivity contribution is -0.137. The van der Waals surface area contributed by atoms with Crippen LogP contribution in [0.4, 0.5) is 0 Å². The van der Waals surface area contributed by atoms with Crippen LogP contribution in [0.5, 0.6) is 0 Å². The van der Waals surface area contributed by atoms with Crippen molar-refractivity contribution in [3.63, 3.8) is 0 Å². The van der Waals surface area contributed by atoms with Crippen LogP contribution in [-0.2, 0) is 15.8 Å². The zero-order valence-corrected chi connectivity index (χ0v) is 12.1. The Morgan fingerprint density at radius 2 is 1.89 bits per heavy atom. The summed E-state index contributed by atoms with van der Waals surface area (Å²) in [6.45, 7) is 0. The molecule has 0 bridgehead atoms. The van der Waals surface area contributed by atoms with E-state index in [1.54, 1.807) is 0 Å². The fourth-order valence-electron chi connectivity index (χ4n) is 1.57. The van der Waals surface area contributed by atoms with E-state index < -0.39 is 19.1 Å². The Morgan fingerprint density at radius 1 is 1.32 bits per heavy atom. The summed E-state index contributed by atoms with van der Waals surface area (Å²) in [7, 11) is -3.49. The number of aryl methyl sites for hydroxylation is 1. The van der Waals surface area contributed by atoms with Gasteiger partial charge in [-0.05, 0) is 18.4 Å². The molecule has 2 unspecified atom stereocenters. The number of carbonyl (C=O) groups is 1. The zero-order chi connectivity index (χ0) is 13.6. The Kier molecular flexibility index (Phi) is 7.95. The van der Waals surface area contributed by atoms with Crippen molar-refractivity contribution in [2.75, 3.05) is 6.16 Å². The molecule has 5 nitrogen and oxygen atoms in total. The minimum atomic E-state index is -3.49. The lowest BCUT2D eigenvalue weighted by Crippen LogP contribution is -2.23. The maximum absolute atomic E-state index is 11.9. The normalized spacial score (nSPS) is 15.1. The molecule has 0 saturated heterocycles. The molecule has 0 heterocycles. The van der Waals surface area contributed by atoms with Crippen LogP contribution in [0.15, 0.2) is 30.3 Å². The van der Waals surface area contributed by atoms with Gasteiger partial charge in [0.25, 0.3) is 0 Å². The molecule has 0 aliphatic rings. The predicted octanol–water partition coefficient (Wildman–Crippen LogP) is 2.07. The monoisotopic (exact) mass is 307 g/mol. The van der Waals surface area contributed by atoms with E-state index in [2.05, 4.69) is 0 Å². The largest absolute Gasteiger partial charge is 0.481 e. The van der Waals surface area contributed by atoms with Crippen LogP contribution >= 0.6 is 19.8 Å². The van der Waals surface area contributed by atoms with E-state index in [9.17, 15) is 14.3 Å². The fraction of sp³-hybridized carbons (Fsp3) is 0.417. The lowest BCUT2D eigenvalue weighted by atomic mass is 10.2. The molecule has 2 atom stereocenters. The maximum atomic E-state index is 11.9. The van der Waals surface area contributed by atoms with Crippen molar-refractivity contribution in [1.29, 1.82) is 0 Å². The third-order valence-corrected chi connectivity index (χ3v) is 4.89. The van der Waals surface area contributed by atoms with E-state index in [-0.39, 0.29) is 31.4 Å². The van der Waals surface area contributed by atoms with Crippen LogP contribution in [0, 0.1) is 0 Å². The van der Waals surface area contributed by atoms with Gasteiger partial charge in [-0.1, -0.05) is 30.3 Å². The number of nitrogens with two attached hydrogens (primary N) is 1. The highest BCUT2D eigenvalue weighted by molar-refractivity contribution is 7.58. The van der Waals surface area contributed by atoms with Crippen molar-refractivity contribution in [1.82, 2.24) is 0 Å². The van der Waals surface area contributed by atoms with Crippen LogP contribution in [0.2, 0.25) is 0 Å². The molecule has 0 aromatic heterocycles. The fourth-order valence-corrected chi connectivity index (χ4v) is 3.02. The second-order valence-electron chi connectivity index (χ2n) is 4.21. The summed E-state index contributed by atoms with van der Waals surface area (Å²) in [6, 6.07) is 9.36. The average molecular weight is 308 g/mol. The third-order valence-electron chi connectivity index (χ3n) is 2.74. The van der Waals surface area contributed by atoms with Crippen molar-refractivity contribution < 1.29 is 19.4 Å². The van der Waals surface area contributed by atoms with Crippen LogP contribution in [0.1, 0.15) is 18.4 Å². The number of hydrogen-bond acceptors (Lipinski definition) is 3. The molecule has 1 rings (SSSR count). The summed E-state index contributed by atoms with van der Waals surface area (Å²) in [4.78, 5) is 20.2. The summed E-state index contributed by atoms with van der Waals surface area (Å²) >= 11 is 0. The van der Waals surface area contributed by atoms with E-state index in [4.69, 9.17) is 10.8 Å². The van der Waals surface area contributed by atoms with Crippen molar-refractivity contribution in [2.45, 2.75) is 25.0 Å². The number of aliphatic carboxylic acids is 1. The molecule has 7 heteroatoms. The number of hydrogen-bond donors (Lipinski definition) is 3. The van der Waals surface area contributed by atoms with Crippen LogP contribution in [0.25, 0.3) is 0 Å². The number of rotatable bonds is 7. The van der Waals surface area contributed by atoms with Crippen molar-refractivity contribution in [2.24, 2.45) is 5.73 Å². The first-order valence-corrected chi connectivity index (χ1v) is 7.66. The first-order chi connectivity index (χ1) is 8.42. The van der Waals surface area contributed by atoms with Gasteiger partial charge >= 0.3 is 5.97 Å². The molecule has 19 heavy (non-hydrogen) atoms. The second-order valence-corrected chi connectivity index (χ2v) is 6.84. The van der Waals surface area contributed by atoms with Gasteiger partial charge in [-0.15, -0.1) is 12.4 Å². The van der Waals surface area contributed by atoms with E-state index in [1.165, 1.54) is 0 Å². The van der Waals surface area contributed by atoms with Gasteiger partial charge in [0.05, 0.1) is 5.78 Å². The predicted molar refractivity (Wildman–Crippen MR) is 76.9 cm³/mol. The van der Waals surface area contributed by atoms with E-state index in [0.717, 1.165) is 5.56 Å². The maximum Gasteiger partial charge on any atom is 0.303 e. The van der Waals surface area contributed by atoms with Gasteiger partial charge in [-0.2, -0.15) is 0 Å². The smallest absolute Gasteiger partial charge is 0.303 e. The lowest BCUT2D eigenvalue weighted by Gasteiger charge is -2.18. The molecule has 0 spiro atoms. The van der Waals surface area contributed by atoms with Crippen LogP contribution in [0.3, 0.4) is 0 Å². The Bertz CT molecular complexity index is 441. The summed E-state index contributed by atoms with van der Waals surface area (Å²) in [5, 5.41) is 8.51. The number of carboxylic acids is 1. The van der Waals surface area contributed by atoms with Gasteiger partial charge in [0.15, 0.2) is 0 Å². The quantitative estimate of drug-likeness (QED) is 0.669. The standard InChI is InChI=1S/C12H18NO4P.ClH/c13-11(6-7-12(14)15)18(16,17)9-8-10-4-2-1-3-5-10;/h1-5,11H,6-9,13H2,(H,14,15)(H,16,17);1H. The Balaban J connectivity index is 0.00000324. The van der Waals surface area contributed by atoms with E-state index in [1.807, 2.05) is 30.3 Å². The van der Waals surface area contributed by atoms with Gasteiger partial charge < -0.3 is 15.7 Å². The van der Waals surface area contributed by atoms with Crippen molar-refractivity contribution in [3.05, 3.63) is 35.9 Å². The van der Waals surface area contributed by atoms with Crippen LogP contribution in [-0.4, -0.2) is 27.9 Å².